The molecule has 1 aromatic rings. The molecule has 1 atom stereocenters. The lowest BCUT2D eigenvalue weighted by atomic mass is 9.99. The summed E-state index contributed by atoms with van der Waals surface area (Å²) in [7, 11) is 2.08. The lowest BCUT2D eigenvalue weighted by Crippen LogP contribution is -2.49. The van der Waals surface area contributed by atoms with E-state index in [0.717, 1.165) is 50.9 Å². The zero-order chi connectivity index (χ0) is 19.7. The third-order valence-electron chi connectivity index (χ3n) is 6.60. The predicted octanol–water partition coefficient (Wildman–Crippen LogP) is 2.05. The van der Waals surface area contributed by atoms with Crippen molar-refractivity contribution >= 4 is 23.2 Å². The largest absolute Gasteiger partial charge is 0.372 e. The minimum absolute atomic E-state index is 0.0621. The molecule has 6 heteroatoms. The Morgan fingerprint density at radius 3 is 2.18 bits per heavy atom. The second-order valence-corrected chi connectivity index (χ2v) is 8.72. The summed E-state index contributed by atoms with van der Waals surface area (Å²) in [6, 6.07) is 8.31. The van der Waals surface area contributed by atoms with Gasteiger partial charge in [0.2, 0.25) is 11.8 Å². The number of likely N-dealkylation sites (N-methyl/N-ethyl adjacent to an activating group) is 1. The van der Waals surface area contributed by atoms with Crippen molar-refractivity contribution in [2.75, 3.05) is 62.7 Å². The van der Waals surface area contributed by atoms with Gasteiger partial charge in [0.25, 0.3) is 0 Å². The third kappa shape index (κ3) is 4.02. The molecule has 28 heavy (non-hydrogen) atoms. The van der Waals surface area contributed by atoms with Gasteiger partial charge in [-0.3, -0.25) is 9.59 Å². The molecule has 1 aromatic carbocycles. The van der Waals surface area contributed by atoms with E-state index in [2.05, 4.69) is 35.9 Å². The maximum atomic E-state index is 12.8. The number of hydrogen-bond donors (Lipinski definition) is 0. The highest BCUT2D eigenvalue weighted by Crippen LogP contribution is 2.29. The topological polar surface area (TPSA) is 47.1 Å². The van der Waals surface area contributed by atoms with Crippen molar-refractivity contribution < 1.29 is 9.59 Å². The van der Waals surface area contributed by atoms with Crippen molar-refractivity contribution in [2.24, 2.45) is 11.8 Å². The molecule has 0 bridgehead atoms. The van der Waals surface area contributed by atoms with Crippen molar-refractivity contribution in [2.45, 2.75) is 26.2 Å². The van der Waals surface area contributed by atoms with Crippen LogP contribution in [0.3, 0.4) is 0 Å². The van der Waals surface area contributed by atoms with Crippen molar-refractivity contribution in [3.63, 3.8) is 0 Å². The molecule has 2 amide bonds. The first-order chi connectivity index (χ1) is 13.5. The molecule has 3 heterocycles. The van der Waals surface area contributed by atoms with Crippen LogP contribution in [0.25, 0.3) is 0 Å². The highest BCUT2D eigenvalue weighted by atomic mass is 16.2. The first-order valence-corrected chi connectivity index (χ1v) is 10.6. The van der Waals surface area contributed by atoms with Crippen molar-refractivity contribution in [3.8, 4) is 0 Å². The fourth-order valence-electron chi connectivity index (χ4n) is 4.52. The molecule has 6 nitrogen and oxygen atoms in total. The summed E-state index contributed by atoms with van der Waals surface area (Å²) in [6.07, 6.45) is 2.81. The quantitative estimate of drug-likeness (QED) is 0.800. The second-order valence-electron chi connectivity index (χ2n) is 8.72. The molecule has 0 spiro atoms. The van der Waals surface area contributed by atoms with Crippen molar-refractivity contribution in [1.29, 1.82) is 0 Å². The summed E-state index contributed by atoms with van der Waals surface area (Å²) < 4.78 is 0. The van der Waals surface area contributed by atoms with E-state index in [1.165, 1.54) is 18.5 Å². The van der Waals surface area contributed by atoms with Crippen LogP contribution in [0.1, 0.15) is 26.2 Å². The van der Waals surface area contributed by atoms with Gasteiger partial charge >= 0.3 is 0 Å². The number of carbonyl (C=O) groups is 2. The molecule has 0 radical (unpaired) electrons. The summed E-state index contributed by atoms with van der Waals surface area (Å²) in [5.41, 5.74) is 2.14. The maximum Gasteiger partial charge on any atom is 0.228 e. The van der Waals surface area contributed by atoms with E-state index in [0.29, 0.717) is 13.0 Å². The molecule has 4 rings (SSSR count). The van der Waals surface area contributed by atoms with Crippen LogP contribution < -0.4 is 9.80 Å². The summed E-state index contributed by atoms with van der Waals surface area (Å²) in [6.45, 7) is 8.38. The van der Waals surface area contributed by atoms with Gasteiger partial charge in [0.05, 0.1) is 5.92 Å². The van der Waals surface area contributed by atoms with E-state index < -0.39 is 0 Å². The van der Waals surface area contributed by atoms with Gasteiger partial charge in [-0.1, -0.05) is 6.92 Å². The van der Waals surface area contributed by atoms with E-state index in [1.54, 1.807) is 4.90 Å². The first kappa shape index (κ1) is 19.2. The molecule has 0 N–H and O–H groups in total. The number of hydrogen-bond acceptors (Lipinski definition) is 4. The number of anilines is 2. The van der Waals surface area contributed by atoms with Crippen LogP contribution in [0.5, 0.6) is 0 Å². The Balaban J connectivity index is 1.38. The minimum Gasteiger partial charge on any atom is -0.372 e. The van der Waals surface area contributed by atoms with Gasteiger partial charge in [0, 0.05) is 63.6 Å². The van der Waals surface area contributed by atoms with Crippen molar-refractivity contribution in [3.05, 3.63) is 24.3 Å². The van der Waals surface area contributed by atoms with E-state index in [1.807, 2.05) is 17.0 Å². The number of rotatable bonds is 3. The average molecular weight is 385 g/mol. The summed E-state index contributed by atoms with van der Waals surface area (Å²) >= 11 is 0. The number of amides is 2. The number of carbonyl (C=O) groups excluding carboxylic acids is 2. The molecule has 0 aliphatic carbocycles. The lowest BCUT2D eigenvalue weighted by Gasteiger charge is -2.33. The number of benzene rings is 1. The summed E-state index contributed by atoms with van der Waals surface area (Å²) in [5, 5.41) is 0. The zero-order valence-electron chi connectivity index (χ0n) is 17.1. The fraction of sp³-hybridized carbons (Fsp3) is 0.636. The van der Waals surface area contributed by atoms with Gasteiger partial charge in [0.15, 0.2) is 0 Å². The van der Waals surface area contributed by atoms with Crippen LogP contribution in [-0.2, 0) is 9.59 Å². The SMILES string of the molecule is CC1CCN(c2ccc(N3CC(C(=O)N4CCN(C)CC4)CC3=O)cc2)CC1. The van der Waals surface area contributed by atoms with Gasteiger partial charge in [-0.15, -0.1) is 0 Å². The Kier molecular flexibility index (Phi) is 5.58. The van der Waals surface area contributed by atoms with Gasteiger partial charge in [-0.05, 0) is 50.1 Å². The van der Waals surface area contributed by atoms with Crippen LogP contribution in [0.15, 0.2) is 24.3 Å². The molecule has 3 aliphatic heterocycles. The van der Waals surface area contributed by atoms with E-state index in [-0.39, 0.29) is 17.7 Å². The van der Waals surface area contributed by atoms with Gasteiger partial charge in [-0.25, -0.2) is 0 Å². The molecule has 0 saturated carbocycles. The smallest absolute Gasteiger partial charge is 0.228 e. The lowest BCUT2D eigenvalue weighted by molar-refractivity contribution is -0.137. The standard InChI is InChI=1S/C22H32N4O2/c1-17-7-9-24(10-8-17)19-3-5-20(6-4-19)26-16-18(15-21(26)27)22(28)25-13-11-23(2)12-14-25/h3-6,17-18H,7-16H2,1-2H3. The molecule has 1 unspecified atom stereocenters. The number of piperazine rings is 1. The summed E-state index contributed by atoms with van der Waals surface area (Å²) in [4.78, 5) is 33.8. The average Bonchev–Trinajstić information content (AvgIpc) is 3.10. The monoisotopic (exact) mass is 384 g/mol. The second kappa shape index (κ2) is 8.11. The predicted molar refractivity (Wildman–Crippen MR) is 112 cm³/mol. The fourth-order valence-corrected chi connectivity index (χ4v) is 4.52. The van der Waals surface area contributed by atoms with Gasteiger partial charge in [-0.2, -0.15) is 0 Å². The summed E-state index contributed by atoms with van der Waals surface area (Å²) in [5.74, 6) is 0.807. The third-order valence-corrected chi connectivity index (χ3v) is 6.60. The Morgan fingerprint density at radius 2 is 1.54 bits per heavy atom. The van der Waals surface area contributed by atoms with E-state index in [9.17, 15) is 9.59 Å². The van der Waals surface area contributed by atoms with E-state index in [4.69, 9.17) is 0 Å². The Labute approximate surface area is 168 Å². The van der Waals surface area contributed by atoms with Crippen LogP contribution in [-0.4, -0.2) is 74.5 Å². The molecule has 152 valence electrons. The minimum atomic E-state index is -0.209. The molecule has 0 aromatic heterocycles. The number of piperidine rings is 1. The first-order valence-electron chi connectivity index (χ1n) is 10.6. The molecule has 3 fully saturated rings. The van der Waals surface area contributed by atoms with Crippen LogP contribution in [0, 0.1) is 11.8 Å². The Morgan fingerprint density at radius 1 is 0.929 bits per heavy atom. The van der Waals surface area contributed by atoms with E-state index >= 15 is 0 Å². The molecule has 3 aliphatic rings. The van der Waals surface area contributed by atoms with Gasteiger partial charge in [0.1, 0.15) is 0 Å². The highest BCUT2D eigenvalue weighted by Gasteiger charge is 2.37. The van der Waals surface area contributed by atoms with Crippen LogP contribution in [0.2, 0.25) is 0 Å². The van der Waals surface area contributed by atoms with Crippen LogP contribution >= 0.6 is 0 Å². The Hall–Kier alpha value is -2.08. The molecular formula is C22H32N4O2. The highest BCUT2D eigenvalue weighted by molar-refractivity contribution is 6.00. The molecular weight excluding hydrogens is 352 g/mol. The van der Waals surface area contributed by atoms with Crippen LogP contribution in [0.4, 0.5) is 11.4 Å². The maximum absolute atomic E-state index is 12.8. The van der Waals surface area contributed by atoms with Crippen molar-refractivity contribution in [1.82, 2.24) is 9.80 Å². The van der Waals surface area contributed by atoms with Gasteiger partial charge < -0.3 is 19.6 Å². The zero-order valence-corrected chi connectivity index (χ0v) is 17.1. The molecule has 3 saturated heterocycles. The Bertz CT molecular complexity index is 704. The number of nitrogens with zero attached hydrogens (tertiary/aromatic N) is 4. The normalized spacial score (nSPS) is 24.9.